The van der Waals surface area contributed by atoms with Gasteiger partial charge in [-0.25, -0.2) is 0 Å². The van der Waals surface area contributed by atoms with Crippen LogP contribution in [0.25, 0.3) is 0 Å². The van der Waals surface area contributed by atoms with Crippen molar-refractivity contribution in [1.82, 2.24) is 5.32 Å². The number of carbonyl (C=O) groups is 1. The second kappa shape index (κ2) is 68.3. The highest BCUT2D eigenvalue weighted by Crippen LogP contribution is 2.33. The topological polar surface area (TPSA) is 307 Å². The van der Waals surface area contributed by atoms with Gasteiger partial charge in [-0.15, -0.1) is 0 Å². The number of nitrogens with one attached hydrogen (secondary N) is 1. The molecular formula is C90H153NO18. The van der Waals surface area contributed by atoms with Gasteiger partial charge in [0.25, 0.3) is 0 Å². The zero-order valence-corrected chi connectivity index (χ0v) is 67.2. The summed E-state index contributed by atoms with van der Waals surface area (Å²) in [5.74, 6) is -0.292. The van der Waals surface area contributed by atoms with E-state index in [1.165, 1.54) is 141 Å². The first-order valence-electron chi connectivity index (χ1n) is 42.9. The van der Waals surface area contributed by atoms with Crippen molar-refractivity contribution >= 4 is 5.91 Å². The van der Waals surface area contributed by atoms with Crippen LogP contribution < -0.4 is 5.32 Å². The normalized spacial score (nSPS) is 26.0. The van der Waals surface area contributed by atoms with Gasteiger partial charge < -0.3 is 89.9 Å². The minimum Gasteiger partial charge on any atom is -0.394 e. The Bertz CT molecular complexity index is 2490. The maximum atomic E-state index is 13.5. The van der Waals surface area contributed by atoms with Gasteiger partial charge >= 0.3 is 0 Å². The molecule has 17 unspecified atom stereocenters. The van der Waals surface area contributed by atoms with Gasteiger partial charge in [0.2, 0.25) is 5.91 Å². The van der Waals surface area contributed by atoms with E-state index < -0.39 is 124 Å². The lowest BCUT2D eigenvalue weighted by Gasteiger charge is -2.48. The number of ether oxygens (including phenoxy) is 6. The zero-order chi connectivity index (χ0) is 78.8. The third-order valence-electron chi connectivity index (χ3n) is 20.5. The third kappa shape index (κ3) is 47.4. The predicted molar refractivity (Wildman–Crippen MR) is 438 cm³/mol. The molecule has 3 aliphatic heterocycles. The summed E-state index contributed by atoms with van der Waals surface area (Å²) in [5, 5.41) is 121. The Kier molecular flexibility index (Phi) is 62.2. The first-order valence-corrected chi connectivity index (χ1v) is 42.9. The molecule has 0 aromatic rings. The monoisotopic (exact) mass is 1540 g/mol. The first-order chi connectivity index (χ1) is 53.3. The fourth-order valence-corrected chi connectivity index (χ4v) is 13.6. The van der Waals surface area contributed by atoms with Crippen LogP contribution in [0.2, 0.25) is 0 Å². The van der Waals surface area contributed by atoms with E-state index in [1.54, 1.807) is 6.08 Å². The second-order valence-corrected chi connectivity index (χ2v) is 29.9. The number of unbranched alkanes of at least 4 members (excludes halogenated alkanes) is 31. The summed E-state index contributed by atoms with van der Waals surface area (Å²) < 4.78 is 34.5. The van der Waals surface area contributed by atoms with E-state index in [4.69, 9.17) is 28.4 Å². The summed E-state index contributed by atoms with van der Waals surface area (Å²) in [5.41, 5.74) is 0. The lowest BCUT2D eigenvalue weighted by molar-refractivity contribution is -0.379. The molecule has 17 atom stereocenters. The van der Waals surface area contributed by atoms with Crippen LogP contribution in [0.3, 0.4) is 0 Å². The van der Waals surface area contributed by atoms with E-state index in [0.717, 1.165) is 128 Å². The summed E-state index contributed by atoms with van der Waals surface area (Å²) in [6.07, 6.45) is 71.4. The number of carbonyl (C=O) groups excluding carboxylic acids is 1. The van der Waals surface area contributed by atoms with Crippen molar-refractivity contribution < 1.29 is 89.4 Å². The van der Waals surface area contributed by atoms with Crippen molar-refractivity contribution in [3.63, 3.8) is 0 Å². The van der Waals surface area contributed by atoms with Crippen molar-refractivity contribution in [3.8, 4) is 0 Å². The number of rotatable bonds is 67. The second-order valence-electron chi connectivity index (χ2n) is 29.9. The lowest BCUT2D eigenvalue weighted by Crippen LogP contribution is -2.66. The molecule has 0 spiro atoms. The van der Waals surface area contributed by atoms with Crippen LogP contribution in [-0.2, 0) is 33.2 Å². The molecule has 3 fully saturated rings. The van der Waals surface area contributed by atoms with Crippen LogP contribution in [0.1, 0.15) is 296 Å². The van der Waals surface area contributed by atoms with Crippen molar-refractivity contribution in [1.29, 1.82) is 0 Å². The molecule has 626 valence electrons. The molecule has 0 aromatic heterocycles. The molecule has 3 heterocycles. The van der Waals surface area contributed by atoms with Gasteiger partial charge in [0, 0.05) is 6.42 Å². The Hall–Kier alpha value is -4.07. The number of aliphatic hydroxyl groups is 11. The predicted octanol–water partition coefficient (Wildman–Crippen LogP) is 15.6. The lowest BCUT2D eigenvalue weighted by atomic mass is 9.96. The fourth-order valence-electron chi connectivity index (χ4n) is 13.6. The molecule has 0 saturated carbocycles. The van der Waals surface area contributed by atoms with Crippen LogP contribution in [0.4, 0.5) is 0 Å². The highest BCUT2D eigenvalue weighted by atomic mass is 16.8. The van der Waals surface area contributed by atoms with Gasteiger partial charge in [-0.3, -0.25) is 4.79 Å². The molecule has 0 radical (unpaired) electrons. The number of hydrogen-bond acceptors (Lipinski definition) is 18. The minimum atomic E-state index is -1.99. The summed E-state index contributed by atoms with van der Waals surface area (Å²) >= 11 is 0. The van der Waals surface area contributed by atoms with Gasteiger partial charge in [-0.05, 0) is 96.3 Å². The Balaban J connectivity index is 1.37. The molecule has 1 amide bonds. The zero-order valence-electron chi connectivity index (χ0n) is 67.2. The van der Waals surface area contributed by atoms with E-state index in [1.807, 2.05) is 6.08 Å². The summed E-state index contributed by atoms with van der Waals surface area (Å²) in [6.45, 7) is 1.63. The van der Waals surface area contributed by atoms with E-state index in [2.05, 4.69) is 141 Å². The highest BCUT2D eigenvalue weighted by molar-refractivity contribution is 5.76. The molecule has 12 N–H and O–H groups in total. The Labute approximate surface area is 658 Å². The van der Waals surface area contributed by atoms with Crippen LogP contribution in [0.15, 0.2) is 134 Å². The maximum absolute atomic E-state index is 13.5. The van der Waals surface area contributed by atoms with Crippen molar-refractivity contribution in [2.24, 2.45) is 0 Å². The summed E-state index contributed by atoms with van der Waals surface area (Å²) in [4.78, 5) is 13.5. The molecule has 3 aliphatic rings. The van der Waals surface area contributed by atoms with Crippen molar-refractivity contribution in [2.45, 2.75) is 401 Å². The Morgan fingerprint density at radius 2 is 0.633 bits per heavy atom. The van der Waals surface area contributed by atoms with Crippen molar-refractivity contribution in [2.75, 3.05) is 26.4 Å². The van der Waals surface area contributed by atoms with Crippen molar-refractivity contribution in [3.05, 3.63) is 134 Å². The van der Waals surface area contributed by atoms with Crippen LogP contribution in [0, 0.1) is 0 Å². The highest BCUT2D eigenvalue weighted by Gasteiger charge is 2.54. The molecule has 3 saturated heterocycles. The molecule has 0 aromatic carbocycles. The molecule has 19 heteroatoms. The molecule has 0 aliphatic carbocycles. The number of allylic oxidation sites excluding steroid dienone is 21. The van der Waals surface area contributed by atoms with Gasteiger partial charge in [-0.1, -0.05) is 327 Å². The van der Waals surface area contributed by atoms with E-state index in [0.29, 0.717) is 6.42 Å². The smallest absolute Gasteiger partial charge is 0.220 e. The fraction of sp³-hybridized carbons (Fsp3) is 0.744. The average Bonchev–Trinajstić information content (AvgIpc) is 0.760. The van der Waals surface area contributed by atoms with Gasteiger partial charge in [0.15, 0.2) is 18.9 Å². The number of amides is 1. The standard InChI is InChI=1S/C90H153NO18/c1-3-5-7-9-11-13-15-17-19-21-23-25-27-29-31-32-33-34-35-36-37-38-39-40-42-44-46-48-50-52-54-56-58-60-62-64-66-68-78(96)91-73(74(95)67-65-63-61-59-57-55-53-51-49-47-45-43-41-30-28-26-24-22-20-18-16-14-12-10-8-6-4-2)72-104-88-84(102)81(99)86(76(70-93)106-88)109-90-85(103)82(100)87(77(71-94)107-90)108-89-83(101)80(98)79(97)75(69-92)105-89/h5,7,11,13,17,19,23,25,29,31,33-34,36-37,39-40,44,46,50,52,65,67,73-77,79-90,92-95,97-103H,3-4,6,8-10,12,14-16,18,20-22,24,26-28,30,32,35,38,41-43,45,47-49,51,53-64,66,68-72H2,1-2H3,(H,91,96)/b7-5-,13-11-,19-17-,25-23-,31-29-,34-33-,37-36-,40-39-,46-44-,52-50-,67-65+. The van der Waals surface area contributed by atoms with Crippen LogP contribution in [-0.4, -0.2) is 193 Å². The largest absolute Gasteiger partial charge is 0.394 e. The minimum absolute atomic E-state index is 0.218. The Morgan fingerprint density at radius 1 is 0.339 bits per heavy atom. The van der Waals surface area contributed by atoms with E-state index >= 15 is 0 Å². The number of hydrogen-bond donors (Lipinski definition) is 12. The third-order valence-corrected chi connectivity index (χ3v) is 20.5. The molecule has 19 nitrogen and oxygen atoms in total. The van der Waals surface area contributed by atoms with E-state index in [-0.39, 0.29) is 18.9 Å². The molecule has 3 rings (SSSR count). The van der Waals surface area contributed by atoms with Gasteiger partial charge in [-0.2, -0.15) is 0 Å². The average molecular weight is 1540 g/mol. The first kappa shape index (κ1) is 99.1. The SMILES string of the molecule is CC/C=C\C/C=C\C/C=C\C/C=C\C/C=C\C/C=C\C/C=C\C/C=C\C/C=C\C/C=C\CCCCCCCCC(=O)NC(COC1OC(CO)C(OC2OC(CO)C(OC3OC(CO)C(O)C(O)C3O)C(O)C2O)C(O)C1O)C(O)/C=C/CCCCCCCCCCCCCCCCCCCCCCCCCCC. The van der Waals surface area contributed by atoms with Gasteiger partial charge in [0.05, 0.1) is 38.6 Å². The van der Waals surface area contributed by atoms with Crippen LogP contribution >= 0.6 is 0 Å². The molecular weight excluding hydrogens is 1380 g/mol. The number of aliphatic hydroxyl groups excluding tert-OH is 11. The van der Waals surface area contributed by atoms with Gasteiger partial charge in [0.1, 0.15) is 73.2 Å². The Morgan fingerprint density at radius 3 is 0.991 bits per heavy atom. The summed E-state index contributed by atoms with van der Waals surface area (Å²) in [7, 11) is 0. The quantitative estimate of drug-likeness (QED) is 0.0199. The van der Waals surface area contributed by atoms with E-state index in [9.17, 15) is 61.0 Å². The molecule has 109 heavy (non-hydrogen) atoms. The maximum Gasteiger partial charge on any atom is 0.220 e. The summed E-state index contributed by atoms with van der Waals surface area (Å²) in [6, 6.07) is -0.993. The van der Waals surface area contributed by atoms with Crippen LogP contribution in [0.5, 0.6) is 0 Å². The molecule has 0 bridgehead atoms.